The molecule has 0 saturated carbocycles. The molecule has 0 aliphatic heterocycles. The van der Waals surface area contributed by atoms with Gasteiger partial charge in [0.1, 0.15) is 0 Å². The van der Waals surface area contributed by atoms with Crippen LogP contribution < -0.4 is 5.32 Å². The van der Waals surface area contributed by atoms with Crippen LogP contribution in [0.1, 0.15) is 17.3 Å². The standard InChI is InChI=1S/C14H18N2O2/c1-12(7-11-18-2)4-3-8-16-14(17)13-5-9-15-10-6-13/h3-7,9-10H,8,11H2,1-2H3,(H,16,17)/b4-3+,12-7+. The normalized spacial score (nSPS) is 11.8. The molecule has 0 radical (unpaired) electrons. The third kappa shape index (κ3) is 5.41. The van der Waals surface area contributed by atoms with Crippen molar-refractivity contribution in [2.24, 2.45) is 0 Å². The van der Waals surface area contributed by atoms with Crippen molar-refractivity contribution in [1.82, 2.24) is 10.3 Å². The minimum absolute atomic E-state index is 0.0967. The van der Waals surface area contributed by atoms with Crippen molar-refractivity contribution >= 4 is 5.91 Å². The predicted molar refractivity (Wildman–Crippen MR) is 71.3 cm³/mol. The lowest BCUT2D eigenvalue weighted by molar-refractivity contribution is 0.0958. The molecule has 4 heteroatoms. The van der Waals surface area contributed by atoms with Crippen LogP contribution >= 0.6 is 0 Å². The zero-order valence-electron chi connectivity index (χ0n) is 10.7. The molecule has 1 N–H and O–H groups in total. The molecule has 1 heterocycles. The van der Waals surface area contributed by atoms with Gasteiger partial charge in [0.15, 0.2) is 0 Å². The number of nitrogens with one attached hydrogen (secondary N) is 1. The van der Waals surface area contributed by atoms with Gasteiger partial charge in [-0.05, 0) is 19.1 Å². The molecule has 1 amide bonds. The number of carbonyl (C=O) groups is 1. The summed E-state index contributed by atoms with van der Waals surface area (Å²) >= 11 is 0. The van der Waals surface area contributed by atoms with Crippen molar-refractivity contribution < 1.29 is 9.53 Å². The van der Waals surface area contributed by atoms with Crippen molar-refractivity contribution in [3.05, 3.63) is 53.9 Å². The Kier molecular flexibility index (Phi) is 6.43. The summed E-state index contributed by atoms with van der Waals surface area (Å²) in [7, 11) is 1.66. The molecular formula is C14H18N2O2. The fourth-order valence-corrected chi connectivity index (χ4v) is 1.28. The lowest BCUT2D eigenvalue weighted by Crippen LogP contribution is -2.23. The van der Waals surface area contributed by atoms with Crippen LogP contribution in [-0.4, -0.2) is 31.2 Å². The summed E-state index contributed by atoms with van der Waals surface area (Å²) in [6, 6.07) is 3.37. The number of ether oxygens (including phenoxy) is 1. The maximum Gasteiger partial charge on any atom is 0.251 e. The maximum absolute atomic E-state index is 11.7. The van der Waals surface area contributed by atoms with Crippen LogP contribution in [0.25, 0.3) is 0 Å². The Balaban J connectivity index is 2.34. The molecule has 0 unspecified atom stereocenters. The molecule has 1 aromatic rings. The number of methoxy groups -OCH3 is 1. The quantitative estimate of drug-likeness (QED) is 0.781. The molecule has 18 heavy (non-hydrogen) atoms. The van der Waals surface area contributed by atoms with Gasteiger partial charge in [0.2, 0.25) is 0 Å². The molecule has 0 saturated heterocycles. The van der Waals surface area contributed by atoms with E-state index in [1.165, 1.54) is 0 Å². The van der Waals surface area contributed by atoms with Crippen molar-refractivity contribution in [2.75, 3.05) is 20.3 Å². The lowest BCUT2D eigenvalue weighted by atomic mass is 10.2. The molecular weight excluding hydrogens is 228 g/mol. The summed E-state index contributed by atoms with van der Waals surface area (Å²) < 4.78 is 4.93. The molecule has 0 aliphatic rings. The molecule has 4 nitrogen and oxygen atoms in total. The van der Waals surface area contributed by atoms with Crippen LogP contribution in [0.4, 0.5) is 0 Å². The van der Waals surface area contributed by atoms with Gasteiger partial charge in [-0.15, -0.1) is 0 Å². The monoisotopic (exact) mass is 246 g/mol. The van der Waals surface area contributed by atoms with E-state index < -0.39 is 0 Å². The Morgan fingerprint density at radius 3 is 2.83 bits per heavy atom. The van der Waals surface area contributed by atoms with E-state index in [-0.39, 0.29) is 5.91 Å². The zero-order valence-corrected chi connectivity index (χ0v) is 10.7. The summed E-state index contributed by atoms with van der Waals surface area (Å²) in [5.41, 5.74) is 1.72. The minimum atomic E-state index is -0.0967. The van der Waals surface area contributed by atoms with Gasteiger partial charge >= 0.3 is 0 Å². The first-order valence-electron chi connectivity index (χ1n) is 5.74. The van der Waals surface area contributed by atoms with E-state index >= 15 is 0 Å². The summed E-state index contributed by atoms with van der Waals surface area (Å²) in [4.78, 5) is 15.5. The number of nitrogens with zero attached hydrogens (tertiary/aromatic N) is 1. The van der Waals surface area contributed by atoms with Crippen LogP contribution in [-0.2, 0) is 4.74 Å². The first kappa shape index (κ1) is 14.1. The Bertz CT molecular complexity index is 425. The van der Waals surface area contributed by atoms with Gasteiger partial charge in [0.25, 0.3) is 5.91 Å². The Labute approximate surface area is 107 Å². The van der Waals surface area contributed by atoms with Gasteiger partial charge in [0, 0.05) is 31.6 Å². The van der Waals surface area contributed by atoms with E-state index in [4.69, 9.17) is 4.74 Å². The third-order valence-corrected chi connectivity index (χ3v) is 2.28. The first-order chi connectivity index (χ1) is 8.74. The highest BCUT2D eigenvalue weighted by molar-refractivity contribution is 5.94. The fourth-order valence-electron chi connectivity index (χ4n) is 1.28. The summed E-state index contributed by atoms with van der Waals surface area (Å²) in [6.07, 6.45) is 9.03. The maximum atomic E-state index is 11.7. The number of pyridine rings is 1. The van der Waals surface area contributed by atoms with Crippen LogP contribution in [0.3, 0.4) is 0 Å². The highest BCUT2D eigenvalue weighted by atomic mass is 16.5. The lowest BCUT2D eigenvalue weighted by Gasteiger charge is -2.01. The van der Waals surface area contributed by atoms with E-state index in [2.05, 4.69) is 10.3 Å². The number of hydrogen-bond acceptors (Lipinski definition) is 3. The first-order valence-corrected chi connectivity index (χ1v) is 5.74. The van der Waals surface area contributed by atoms with Gasteiger partial charge in [-0.2, -0.15) is 0 Å². The highest BCUT2D eigenvalue weighted by Crippen LogP contribution is 1.96. The van der Waals surface area contributed by atoms with Crippen LogP contribution in [0.15, 0.2) is 48.3 Å². The van der Waals surface area contributed by atoms with Gasteiger partial charge in [-0.3, -0.25) is 9.78 Å². The number of amides is 1. The predicted octanol–water partition coefficient (Wildman–Crippen LogP) is 1.96. The van der Waals surface area contributed by atoms with E-state index in [0.29, 0.717) is 18.7 Å². The van der Waals surface area contributed by atoms with Gasteiger partial charge in [0.05, 0.1) is 6.61 Å². The molecule has 0 aliphatic carbocycles. The van der Waals surface area contributed by atoms with Crippen molar-refractivity contribution in [3.63, 3.8) is 0 Å². The molecule has 0 spiro atoms. The Morgan fingerprint density at radius 2 is 2.17 bits per heavy atom. The van der Waals surface area contributed by atoms with Gasteiger partial charge in [-0.25, -0.2) is 0 Å². The number of hydrogen-bond donors (Lipinski definition) is 1. The topological polar surface area (TPSA) is 51.2 Å². The minimum Gasteiger partial charge on any atom is -0.381 e. The second kappa shape index (κ2) is 8.20. The van der Waals surface area contributed by atoms with Crippen LogP contribution in [0.2, 0.25) is 0 Å². The number of allylic oxidation sites excluding steroid dienone is 2. The Morgan fingerprint density at radius 1 is 1.44 bits per heavy atom. The fraction of sp³-hybridized carbons (Fsp3) is 0.286. The largest absolute Gasteiger partial charge is 0.381 e. The summed E-state index contributed by atoms with van der Waals surface area (Å²) in [6.45, 7) is 3.08. The van der Waals surface area contributed by atoms with Crippen LogP contribution in [0, 0.1) is 0 Å². The number of rotatable bonds is 6. The molecule has 0 aromatic carbocycles. The average Bonchev–Trinajstić information content (AvgIpc) is 2.42. The molecule has 0 fully saturated rings. The van der Waals surface area contributed by atoms with Gasteiger partial charge < -0.3 is 10.1 Å². The molecule has 1 aromatic heterocycles. The third-order valence-electron chi connectivity index (χ3n) is 2.28. The average molecular weight is 246 g/mol. The SMILES string of the molecule is COC/C=C(C)/C=C/CNC(=O)c1ccncc1. The van der Waals surface area contributed by atoms with Gasteiger partial charge in [-0.1, -0.05) is 23.8 Å². The van der Waals surface area contributed by atoms with E-state index in [1.807, 2.05) is 25.2 Å². The van der Waals surface area contributed by atoms with Crippen molar-refractivity contribution in [3.8, 4) is 0 Å². The second-order valence-electron chi connectivity index (χ2n) is 3.75. The number of carbonyl (C=O) groups excluding carboxylic acids is 1. The zero-order chi connectivity index (χ0) is 13.2. The number of aromatic nitrogens is 1. The van der Waals surface area contributed by atoms with Crippen molar-refractivity contribution in [2.45, 2.75) is 6.92 Å². The summed E-state index contributed by atoms with van der Waals surface area (Å²) in [5, 5.41) is 2.80. The smallest absolute Gasteiger partial charge is 0.251 e. The van der Waals surface area contributed by atoms with Crippen LogP contribution in [0.5, 0.6) is 0 Å². The molecule has 0 atom stereocenters. The van der Waals surface area contributed by atoms with E-state index in [9.17, 15) is 4.79 Å². The van der Waals surface area contributed by atoms with Crippen molar-refractivity contribution in [1.29, 1.82) is 0 Å². The Hall–Kier alpha value is -1.94. The van der Waals surface area contributed by atoms with E-state index in [1.54, 1.807) is 31.6 Å². The highest BCUT2D eigenvalue weighted by Gasteiger charge is 2.01. The molecule has 1 rings (SSSR count). The van der Waals surface area contributed by atoms with E-state index in [0.717, 1.165) is 5.57 Å². The molecule has 0 bridgehead atoms. The summed E-state index contributed by atoms with van der Waals surface area (Å²) in [5.74, 6) is -0.0967. The second-order valence-corrected chi connectivity index (χ2v) is 3.75. The molecule has 96 valence electrons.